The molecule has 7 heteroatoms. The minimum Gasteiger partial charge on any atom is -0.326 e. The predicted molar refractivity (Wildman–Crippen MR) is 169 cm³/mol. The van der Waals surface area contributed by atoms with Crippen LogP contribution in [-0.2, 0) is 22.4 Å². The Morgan fingerprint density at radius 2 is 1.76 bits per heavy atom. The van der Waals surface area contributed by atoms with Crippen LogP contribution in [-0.4, -0.2) is 11.8 Å². The van der Waals surface area contributed by atoms with Crippen LogP contribution in [0.15, 0.2) is 59.5 Å². The molecule has 2 unspecified atom stereocenters. The highest BCUT2D eigenvalue weighted by Crippen LogP contribution is 2.45. The number of nitrogens with zero attached hydrogens (tertiary/aromatic N) is 1. The monoisotopic (exact) mass is 585 g/mol. The Morgan fingerprint density at radius 1 is 1.00 bits per heavy atom. The highest BCUT2D eigenvalue weighted by atomic mass is 32.2. The highest BCUT2D eigenvalue weighted by molar-refractivity contribution is 8.00. The maximum absolute atomic E-state index is 13.9. The summed E-state index contributed by atoms with van der Waals surface area (Å²) in [5, 5.41) is 16.4. The molecule has 1 fully saturated rings. The zero-order valence-electron chi connectivity index (χ0n) is 24.2. The van der Waals surface area contributed by atoms with E-state index in [0.29, 0.717) is 16.5 Å². The molecule has 5 rings (SSSR count). The van der Waals surface area contributed by atoms with E-state index in [0.717, 1.165) is 66.7 Å². The minimum absolute atomic E-state index is 0.0764. The molecule has 0 radical (unpaired) electrons. The Kier molecular flexibility index (Phi) is 9.21. The van der Waals surface area contributed by atoms with Crippen molar-refractivity contribution >= 4 is 45.6 Å². The number of thioether (sulfide) groups is 1. The van der Waals surface area contributed by atoms with Crippen molar-refractivity contribution in [1.29, 1.82) is 5.26 Å². The van der Waals surface area contributed by atoms with Gasteiger partial charge in [0.25, 0.3) is 0 Å². The Morgan fingerprint density at radius 3 is 2.46 bits per heavy atom. The topological polar surface area (TPSA) is 82.0 Å². The summed E-state index contributed by atoms with van der Waals surface area (Å²) in [6.07, 6.45) is 8.21. The second kappa shape index (κ2) is 12.8. The number of nitriles is 1. The van der Waals surface area contributed by atoms with Crippen LogP contribution in [0, 0.1) is 28.6 Å². The van der Waals surface area contributed by atoms with Crippen LogP contribution < -0.4 is 10.6 Å². The minimum atomic E-state index is -0.520. The fraction of sp³-hybridized carbons (Fsp3) is 0.441. The fourth-order valence-corrected chi connectivity index (χ4v) is 8.37. The lowest BCUT2D eigenvalue weighted by atomic mass is 9.72. The number of nitrogens with one attached hydrogen (secondary N) is 2. The third-order valence-electron chi connectivity index (χ3n) is 8.51. The average Bonchev–Trinajstić information content (AvgIpc) is 3.32. The molecule has 2 aliphatic carbocycles. The first-order valence-corrected chi connectivity index (χ1v) is 16.4. The number of hydrogen-bond acceptors (Lipinski definition) is 5. The molecule has 41 heavy (non-hydrogen) atoms. The van der Waals surface area contributed by atoms with Gasteiger partial charge in [-0.2, -0.15) is 5.26 Å². The number of hydrogen-bond donors (Lipinski definition) is 2. The van der Waals surface area contributed by atoms with Crippen LogP contribution in [0.25, 0.3) is 0 Å². The maximum atomic E-state index is 13.9. The van der Waals surface area contributed by atoms with Gasteiger partial charge in [-0.15, -0.1) is 23.1 Å². The van der Waals surface area contributed by atoms with Gasteiger partial charge in [-0.1, -0.05) is 76.4 Å². The van der Waals surface area contributed by atoms with Gasteiger partial charge in [0.2, 0.25) is 11.8 Å². The van der Waals surface area contributed by atoms with Gasteiger partial charge in [-0.25, -0.2) is 0 Å². The maximum Gasteiger partial charge on any atom is 0.243 e. The number of anilines is 2. The first-order chi connectivity index (χ1) is 19.7. The summed E-state index contributed by atoms with van der Waals surface area (Å²) in [7, 11) is 0. The number of fused-ring (bicyclic) bond motifs is 1. The van der Waals surface area contributed by atoms with Crippen LogP contribution in [0.4, 0.5) is 10.7 Å². The fourth-order valence-electron chi connectivity index (χ4n) is 6.00. The molecule has 214 valence electrons. The lowest BCUT2D eigenvalue weighted by Gasteiger charge is -2.33. The molecule has 2 aromatic carbocycles. The number of thiophene rings is 1. The molecule has 0 aliphatic heterocycles. The van der Waals surface area contributed by atoms with Crippen molar-refractivity contribution in [2.75, 3.05) is 10.6 Å². The molecule has 0 bridgehead atoms. The van der Waals surface area contributed by atoms with Gasteiger partial charge in [0.05, 0.1) is 5.56 Å². The lowest BCUT2D eigenvalue weighted by Crippen LogP contribution is -2.26. The van der Waals surface area contributed by atoms with E-state index < -0.39 is 5.25 Å². The van der Waals surface area contributed by atoms with Crippen molar-refractivity contribution in [1.82, 2.24) is 0 Å². The van der Waals surface area contributed by atoms with Crippen LogP contribution in [0.5, 0.6) is 0 Å². The molecule has 1 heterocycles. The highest BCUT2D eigenvalue weighted by Gasteiger charge is 2.33. The number of rotatable bonds is 7. The average molecular weight is 586 g/mol. The van der Waals surface area contributed by atoms with E-state index in [-0.39, 0.29) is 23.1 Å². The van der Waals surface area contributed by atoms with Crippen LogP contribution in [0.1, 0.15) is 86.1 Å². The van der Waals surface area contributed by atoms with Gasteiger partial charge < -0.3 is 10.6 Å². The SMILES string of the molecule is CC(C)(C)C1CCc2c(sc(NC(=O)C(Sc3cccc(NC(=O)C4CCCCC4)c3)c3ccccc3)c2C#N)C1. The standard InChI is InChI=1S/C34H39N3O2S2/c1-34(2,3)24-17-18-27-28(21-35)33(41-29(27)19-24)37-32(39)30(22-11-6-4-7-12-22)40-26-16-10-15-25(20-26)36-31(38)23-13-8-5-9-14-23/h4,6-7,10-12,15-16,20,23-24,30H,5,8-9,13-14,17-19H2,1-3H3,(H,36,38)(H,37,39). The van der Waals surface area contributed by atoms with Crippen molar-refractivity contribution in [3.63, 3.8) is 0 Å². The van der Waals surface area contributed by atoms with Crippen molar-refractivity contribution in [3.05, 3.63) is 76.2 Å². The van der Waals surface area contributed by atoms with Crippen molar-refractivity contribution in [3.8, 4) is 6.07 Å². The molecule has 2 atom stereocenters. The van der Waals surface area contributed by atoms with Crippen molar-refractivity contribution in [2.24, 2.45) is 17.3 Å². The van der Waals surface area contributed by atoms with Crippen LogP contribution >= 0.6 is 23.1 Å². The van der Waals surface area contributed by atoms with E-state index in [2.05, 4.69) is 37.5 Å². The van der Waals surface area contributed by atoms with Gasteiger partial charge in [-0.3, -0.25) is 9.59 Å². The van der Waals surface area contributed by atoms with Gasteiger partial charge >= 0.3 is 0 Å². The molecule has 5 nitrogen and oxygen atoms in total. The van der Waals surface area contributed by atoms with E-state index >= 15 is 0 Å². The van der Waals surface area contributed by atoms with Gasteiger partial charge in [0.15, 0.2) is 0 Å². The quantitative estimate of drug-likeness (QED) is 0.272. The van der Waals surface area contributed by atoms with E-state index in [1.807, 2.05) is 54.6 Å². The Labute approximate surface area is 252 Å². The lowest BCUT2D eigenvalue weighted by molar-refractivity contribution is -0.120. The smallest absolute Gasteiger partial charge is 0.243 e. The Balaban J connectivity index is 1.36. The summed E-state index contributed by atoms with van der Waals surface area (Å²) < 4.78 is 0. The summed E-state index contributed by atoms with van der Waals surface area (Å²) in [4.78, 5) is 28.9. The van der Waals surface area contributed by atoms with Crippen molar-refractivity contribution in [2.45, 2.75) is 82.3 Å². The third-order valence-corrected chi connectivity index (χ3v) is 10.9. The number of amides is 2. The molecule has 2 amide bonds. The van der Waals surface area contributed by atoms with Gasteiger partial charge in [-0.05, 0) is 72.8 Å². The number of carbonyl (C=O) groups is 2. The first kappa shape index (κ1) is 29.4. The number of benzene rings is 2. The second-order valence-corrected chi connectivity index (χ2v) is 14.7. The summed E-state index contributed by atoms with van der Waals surface area (Å²) in [5.41, 5.74) is 3.58. The first-order valence-electron chi connectivity index (χ1n) is 14.7. The molecule has 3 aromatic rings. The second-order valence-electron chi connectivity index (χ2n) is 12.4. The normalized spacial score (nSPS) is 18.1. The van der Waals surface area contributed by atoms with Crippen LogP contribution in [0.3, 0.4) is 0 Å². The predicted octanol–water partition coefficient (Wildman–Crippen LogP) is 8.76. The Hall–Kier alpha value is -3.08. The van der Waals surface area contributed by atoms with E-state index in [9.17, 15) is 14.9 Å². The zero-order valence-corrected chi connectivity index (χ0v) is 25.8. The summed E-state index contributed by atoms with van der Waals surface area (Å²) in [5.74, 6) is 0.568. The van der Waals surface area contributed by atoms with E-state index in [1.54, 1.807) is 11.3 Å². The molecule has 2 N–H and O–H groups in total. The van der Waals surface area contributed by atoms with Crippen molar-refractivity contribution < 1.29 is 9.59 Å². The summed E-state index contributed by atoms with van der Waals surface area (Å²) in [6, 6.07) is 19.9. The molecular formula is C34H39N3O2S2. The zero-order chi connectivity index (χ0) is 29.0. The molecule has 0 saturated heterocycles. The largest absolute Gasteiger partial charge is 0.326 e. The Bertz CT molecular complexity index is 1430. The molecule has 1 aromatic heterocycles. The summed E-state index contributed by atoms with van der Waals surface area (Å²) >= 11 is 3.02. The molecular weight excluding hydrogens is 547 g/mol. The summed E-state index contributed by atoms with van der Waals surface area (Å²) in [6.45, 7) is 6.84. The third kappa shape index (κ3) is 7.05. The van der Waals surface area contributed by atoms with E-state index in [4.69, 9.17) is 0 Å². The van der Waals surface area contributed by atoms with Crippen LogP contribution in [0.2, 0.25) is 0 Å². The van der Waals surface area contributed by atoms with Gasteiger partial charge in [0.1, 0.15) is 16.3 Å². The molecule has 2 aliphatic rings. The number of carbonyl (C=O) groups excluding carboxylic acids is 2. The molecule has 0 spiro atoms. The van der Waals surface area contributed by atoms with E-state index in [1.165, 1.54) is 23.1 Å². The van der Waals surface area contributed by atoms with Gasteiger partial charge in [0, 0.05) is 21.4 Å². The molecule has 1 saturated carbocycles.